The molecule has 11 heavy (non-hydrogen) atoms. The fourth-order valence-corrected chi connectivity index (χ4v) is 1.43. The molecular formula is C8H18N2O. The molecule has 0 saturated heterocycles. The topological polar surface area (TPSA) is 58.3 Å². The van der Waals surface area contributed by atoms with E-state index < -0.39 is 0 Å². The first-order valence-corrected chi connectivity index (χ1v) is 4.38. The van der Waals surface area contributed by atoms with E-state index in [2.05, 4.69) is 12.2 Å². The van der Waals surface area contributed by atoms with Gasteiger partial charge in [-0.2, -0.15) is 0 Å². The molecule has 1 atom stereocenters. The van der Waals surface area contributed by atoms with Gasteiger partial charge in [-0.15, -0.1) is 0 Å². The van der Waals surface area contributed by atoms with Gasteiger partial charge in [0.1, 0.15) is 0 Å². The Kier molecular flexibility index (Phi) is 3.30. The lowest BCUT2D eigenvalue weighted by Crippen LogP contribution is -2.52. The summed E-state index contributed by atoms with van der Waals surface area (Å²) in [6, 6.07) is 1.22. The summed E-state index contributed by atoms with van der Waals surface area (Å²) in [5, 5.41) is 12.2. The van der Waals surface area contributed by atoms with Gasteiger partial charge < -0.3 is 16.2 Å². The third-order valence-corrected chi connectivity index (χ3v) is 2.36. The third-order valence-electron chi connectivity index (χ3n) is 2.36. The highest BCUT2D eigenvalue weighted by Crippen LogP contribution is 2.18. The molecule has 1 fully saturated rings. The zero-order valence-corrected chi connectivity index (χ0v) is 7.09. The van der Waals surface area contributed by atoms with Crippen LogP contribution in [-0.4, -0.2) is 29.8 Å². The number of rotatable bonds is 4. The molecular weight excluding hydrogens is 140 g/mol. The fraction of sp³-hybridized carbons (Fsp3) is 1.00. The van der Waals surface area contributed by atoms with E-state index in [-0.39, 0.29) is 12.6 Å². The van der Waals surface area contributed by atoms with E-state index in [1.807, 2.05) is 0 Å². The normalized spacial score (nSPS) is 33.0. The molecule has 0 radical (unpaired) electrons. The fourth-order valence-electron chi connectivity index (χ4n) is 1.43. The standard InChI is InChI=1S/C8H18N2O/c1-2-7(5-11)10-8-3-6(9)4-8/h6-8,10-11H,2-5,9H2,1H3/t6?,7-,8?/m1/s1. The van der Waals surface area contributed by atoms with Crippen molar-refractivity contribution in [2.75, 3.05) is 6.61 Å². The highest BCUT2D eigenvalue weighted by Gasteiger charge is 2.26. The Labute approximate surface area is 68.0 Å². The third kappa shape index (κ3) is 2.43. The summed E-state index contributed by atoms with van der Waals surface area (Å²) >= 11 is 0. The zero-order chi connectivity index (χ0) is 8.27. The van der Waals surface area contributed by atoms with Gasteiger partial charge in [0.2, 0.25) is 0 Å². The van der Waals surface area contributed by atoms with Gasteiger partial charge in [-0.1, -0.05) is 6.92 Å². The maximum Gasteiger partial charge on any atom is 0.0584 e. The molecule has 0 amide bonds. The summed E-state index contributed by atoms with van der Waals surface area (Å²) in [4.78, 5) is 0. The summed E-state index contributed by atoms with van der Waals surface area (Å²) in [5.41, 5.74) is 5.63. The first kappa shape index (κ1) is 8.97. The quantitative estimate of drug-likeness (QED) is 0.532. The molecule has 0 heterocycles. The van der Waals surface area contributed by atoms with Crippen LogP contribution in [0.5, 0.6) is 0 Å². The summed E-state index contributed by atoms with van der Waals surface area (Å²) in [6.45, 7) is 2.31. The smallest absolute Gasteiger partial charge is 0.0584 e. The largest absolute Gasteiger partial charge is 0.395 e. The van der Waals surface area contributed by atoms with E-state index in [0.717, 1.165) is 19.3 Å². The monoisotopic (exact) mass is 158 g/mol. The number of hydrogen-bond acceptors (Lipinski definition) is 3. The van der Waals surface area contributed by atoms with Crippen LogP contribution in [0, 0.1) is 0 Å². The molecule has 4 N–H and O–H groups in total. The highest BCUT2D eigenvalue weighted by atomic mass is 16.3. The first-order valence-electron chi connectivity index (χ1n) is 4.38. The van der Waals surface area contributed by atoms with Crippen molar-refractivity contribution in [2.24, 2.45) is 5.73 Å². The number of hydrogen-bond donors (Lipinski definition) is 3. The number of aliphatic hydroxyl groups excluding tert-OH is 1. The van der Waals surface area contributed by atoms with Crippen molar-refractivity contribution in [2.45, 2.75) is 44.3 Å². The van der Waals surface area contributed by atoms with Gasteiger partial charge in [-0.25, -0.2) is 0 Å². The van der Waals surface area contributed by atoms with Crippen LogP contribution in [-0.2, 0) is 0 Å². The Balaban J connectivity index is 2.09. The van der Waals surface area contributed by atoms with E-state index in [1.54, 1.807) is 0 Å². The Bertz CT molecular complexity index is 109. The Morgan fingerprint density at radius 3 is 2.64 bits per heavy atom. The van der Waals surface area contributed by atoms with E-state index in [0.29, 0.717) is 12.1 Å². The lowest BCUT2D eigenvalue weighted by molar-refractivity contribution is 0.194. The second-order valence-electron chi connectivity index (χ2n) is 3.38. The van der Waals surface area contributed by atoms with Crippen LogP contribution in [0.1, 0.15) is 26.2 Å². The average Bonchev–Trinajstić information content (AvgIpc) is 1.96. The minimum Gasteiger partial charge on any atom is -0.395 e. The van der Waals surface area contributed by atoms with Crippen molar-refractivity contribution < 1.29 is 5.11 Å². The van der Waals surface area contributed by atoms with Gasteiger partial charge in [0, 0.05) is 18.1 Å². The number of nitrogens with one attached hydrogen (secondary N) is 1. The van der Waals surface area contributed by atoms with Gasteiger partial charge in [0.15, 0.2) is 0 Å². The van der Waals surface area contributed by atoms with Crippen molar-refractivity contribution in [3.05, 3.63) is 0 Å². The predicted molar refractivity (Wildman–Crippen MR) is 45.3 cm³/mol. The van der Waals surface area contributed by atoms with Gasteiger partial charge in [0.25, 0.3) is 0 Å². The van der Waals surface area contributed by atoms with Crippen LogP contribution in [0.3, 0.4) is 0 Å². The molecule has 1 saturated carbocycles. The van der Waals surface area contributed by atoms with Crippen molar-refractivity contribution in [3.8, 4) is 0 Å². The minimum atomic E-state index is 0.238. The molecule has 0 aromatic rings. The summed E-state index contributed by atoms with van der Waals surface area (Å²) in [6.07, 6.45) is 3.12. The Morgan fingerprint density at radius 2 is 2.27 bits per heavy atom. The number of aliphatic hydroxyl groups is 1. The molecule has 1 aliphatic carbocycles. The van der Waals surface area contributed by atoms with Crippen molar-refractivity contribution >= 4 is 0 Å². The van der Waals surface area contributed by atoms with Crippen LogP contribution < -0.4 is 11.1 Å². The second kappa shape index (κ2) is 4.04. The molecule has 66 valence electrons. The lowest BCUT2D eigenvalue weighted by Gasteiger charge is -2.35. The molecule has 0 unspecified atom stereocenters. The minimum absolute atomic E-state index is 0.238. The van der Waals surface area contributed by atoms with Crippen molar-refractivity contribution in [1.29, 1.82) is 0 Å². The molecule has 0 aliphatic heterocycles. The molecule has 0 bridgehead atoms. The maximum absolute atomic E-state index is 8.87. The van der Waals surface area contributed by atoms with E-state index in [4.69, 9.17) is 10.8 Å². The first-order chi connectivity index (χ1) is 5.26. The number of nitrogens with two attached hydrogens (primary N) is 1. The van der Waals surface area contributed by atoms with Crippen LogP contribution in [0.4, 0.5) is 0 Å². The van der Waals surface area contributed by atoms with Crippen LogP contribution >= 0.6 is 0 Å². The van der Waals surface area contributed by atoms with E-state index in [1.165, 1.54) is 0 Å². The SMILES string of the molecule is CC[C@H](CO)NC1CC(N)C1. The van der Waals surface area contributed by atoms with Gasteiger partial charge in [-0.05, 0) is 19.3 Å². The molecule has 0 aromatic heterocycles. The molecule has 3 heteroatoms. The average molecular weight is 158 g/mol. The van der Waals surface area contributed by atoms with Gasteiger partial charge in [-0.3, -0.25) is 0 Å². The van der Waals surface area contributed by atoms with Crippen molar-refractivity contribution in [3.63, 3.8) is 0 Å². The van der Waals surface area contributed by atoms with Gasteiger partial charge in [0.05, 0.1) is 6.61 Å². The zero-order valence-electron chi connectivity index (χ0n) is 7.09. The predicted octanol–water partition coefficient (Wildman–Crippen LogP) is -0.163. The molecule has 1 rings (SSSR count). The Morgan fingerprint density at radius 1 is 1.64 bits per heavy atom. The summed E-state index contributed by atoms with van der Waals surface area (Å²) in [5.74, 6) is 0. The van der Waals surface area contributed by atoms with Crippen LogP contribution in [0.2, 0.25) is 0 Å². The van der Waals surface area contributed by atoms with Gasteiger partial charge >= 0.3 is 0 Å². The van der Waals surface area contributed by atoms with Crippen molar-refractivity contribution in [1.82, 2.24) is 5.32 Å². The van der Waals surface area contributed by atoms with Crippen LogP contribution in [0.15, 0.2) is 0 Å². The van der Waals surface area contributed by atoms with E-state index in [9.17, 15) is 0 Å². The lowest BCUT2D eigenvalue weighted by atomic mass is 9.87. The summed E-state index contributed by atoms with van der Waals surface area (Å²) < 4.78 is 0. The molecule has 1 aliphatic rings. The summed E-state index contributed by atoms with van der Waals surface area (Å²) in [7, 11) is 0. The highest BCUT2D eigenvalue weighted by molar-refractivity contribution is 4.89. The maximum atomic E-state index is 8.87. The Hall–Kier alpha value is -0.120. The second-order valence-corrected chi connectivity index (χ2v) is 3.38. The van der Waals surface area contributed by atoms with E-state index >= 15 is 0 Å². The molecule has 3 nitrogen and oxygen atoms in total. The molecule has 0 spiro atoms. The van der Waals surface area contributed by atoms with Crippen LogP contribution in [0.25, 0.3) is 0 Å². The molecule has 0 aromatic carbocycles.